The first kappa shape index (κ1) is 23.4. The number of halogens is 1. The zero-order chi connectivity index (χ0) is 18.3. The van der Waals surface area contributed by atoms with E-state index in [1.54, 1.807) is 11.8 Å². The lowest BCUT2D eigenvalue weighted by atomic mass is 10.0. The zero-order valence-electron chi connectivity index (χ0n) is 16.2. The standard InChI is InChI=1S/C19H31N3O2S.HI/c1-5-20-17(22-13-19(23)10-11-25-14-19)21-12-15-8-6-7-9-16(15)24-18(2,3)4;/h6-9,23H,5,10-14H2,1-4H3,(H2,20,21,22);1H. The molecule has 26 heavy (non-hydrogen) atoms. The van der Waals surface area contributed by atoms with E-state index < -0.39 is 5.60 Å². The molecule has 1 saturated heterocycles. The van der Waals surface area contributed by atoms with Gasteiger partial charge in [-0.05, 0) is 45.9 Å². The maximum atomic E-state index is 10.5. The molecule has 0 spiro atoms. The number of rotatable bonds is 6. The van der Waals surface area contributed by atoms with Gasteiger partial charge in [0.05, 0.1) is 12.1 Å². The normalized spacial score (nSPS) is 20.4. The van der Waals surface area contributed by atoms with E-state index in [-0.39, 0.29) is 29.6 Å². The van der Waals surface area contributed by atoms with Crippen LogP contribution in [-0.4, -0.2) is 46.9 Å². The third-order valence-corrected chi connectivity index (χ3v) is 5.04. The van der Waals surface area contributed by atoms with E-state index in [1.165, 1.54) is 0 Å². The van der Waals surface area contributed by atoms with E-state index in [2.05, 4.69) is 15.6 Å². The minimum Gasteiger partial charge on any atom is -0.488 e. The van der Waals surface area contributed by atoms with Crippen LogP contribution in [0.4, 0.5) is 0 Å². The second-order valence-corrected chi connectivity index (χ2v) is 8.50. The monoisotopic (exact) mass is 493 g/mol. The fourth-order valence-corrected chi connectivity index (χ4v) is 3.85. The van der Waals surface area contributed by atoms with Crippen molar-refractivity contribution < 1.29 is 9.84 Å². The van der Waals surface area contributed by atoms with E-state index >= 15 is 0 Å². The topological polar surface area (TPSA) is 65.9 Å². The van der Waals surface area contributed by atoms with E-state index in [0.29, 0.717) is 13.1 Å². The number of thioether (sulfide) groups is 1. The van der Waals surface area contributed by atoms with Crippen molar-refractivity contribution in [3.8, 4) is 5.75 Å². The SMILES string of the molecule is CCNC(=NCc1ccccc1OC(C)(C)C)NCC1(O)CCSC1.I. The molecule has 0 aromatic heterocycles. The summed E-state index contributed by atoms with van der Waals surface area (Å²) in [6, 6.07) is 7.99. The summed E-state index contributed by atoms with van der Waals surface area (Å²) in [5.41, 5.74) is 0.171. The van der Waals surface area contributed by atoms with Crippen LogP contribution in [0.5, 0.6) is 5.75 Å². The maximum absolute atomic E-state index is 10.5. The van der Waals surface area contributed by atoms with Crippen LogP contribution in [0.1, 0.15) is 39.7 Å². The number of hydrogen-bond acceptors (Lipinski definition) is 4. The number of guanidine groups is 1. The van der Waals surface area contributed by atoms with Crippen molar-refractivity contribution in [1.29, 1.82) is 0 Å². The molecule has 7 heteroatoms. The van der Waals surface area contributed by atoms with Crippen molar-refractivity contribution in [3.63, 3.8) is 0 Å². The van der Waals surface area contributed by atoms with Crippen molar-refractivity contribution in [3.05, 3.63) is 29.8 Å². The van der Waals surface area contributed by atoms with E-state index in [1.807, 2.05) is 52.0 Å². The predicted octanol–water partition coefficient (Wildman–Crippen LogP) is 3.41. The van der Waals surface area contributed by atoms with Crippen LogP contribution in [0.25, 0.3) is 0 Å². The van der Waals surface area contributed by atoms with Gasteiger partial charge in [0, 0.05) is 24.4 Å². The summed E-state index contributed by atoms with van der Waals surface area (Å²) in [5, 5.41) is 17.0. The number of benzene rings is 1. The molecule has 0 aliphatic carbocycles. The van der Waals surface area contributed by atoms with Gasteiger partial charge in [0.2, 0.25) is 0 Å². The number of hydrogen-bond donors (Lipinski definition) is 3. The summed E-state index contributed by atoms with van der Waals surface area (Å²) in [6.45, 7) is 9.98. The van der Waals surface area contributed by atoms with Gasteiger partial charge in [0.1, 0.15) is 11.4 Å². The van der Waals surface area contributed by atoms with Gasteiger partial charge in [-0.25, -0.2) is 4.99 Å². The fourth-order valence-electron chi connectivity index (χ4n) is 2.55. The summed E-state index contributed by atoms with van der Waals surface area (Å²) in [7, 11) is 0. The van der Waals surface area contributed by atoms with Crippen molar-refractivity contribution in [2.75, 3.05) is 24.6 Å². The largest absolute Gasteiger partial charge is 0.488 e. The fraction of sp³-hybridized carbons (Fsp3) is 0.632. The average molecular weight is 493 g/mol. The molecule has 0 bridgehead atoms. The first-order valence-electron chi connectivity index (χ1n) is 8.90. The molecule has 2 rings (SSSR count). The van der Waals surface area contributed by atoms with Gasteiger partial charge in [0.25, 0.3) is 0 Å². The molecule has 1 fully saturated rings. The molecule has 1 unspecified atom stereocenters. The van der Waals surface area contributed by atoms with E-state index in [9.17, 15) is 5.11 Å². The van der Waals surface area contributed by atoms with Crippen LogP contribution in [0.3, 0.4) is 0 Å². The van der Waals surface area contributed by atoms with Crippen LogP contribution in [0, 0.1) is 0 Å². The molecule has 1 aliphatic heterocycles. The lowest BCUT2D eigenvalue weighted by molar-refractivity contribution is 0.0724. The van der Waals surface area contributed by atoms with Gasteiger partial charge in [-0.3, -0.25) is 0 Å². The number of ether oxygens (including phenoxy) is 1. The Hall–Kier alpha value is -0.670. The van der Waals surface area contributed by atoms with Crippen LogP contribution < -0.4 is 15.4 Å². The highest BCUT2D eigenvalue weighted by Gasteiger charge is 2.31. The Bertz CT molecular complexity index is 584. The summed E-state index contributed by atoms with van der Waals surface area (Å²) in [5.74, 6) is 3.38. The second-order valence-electron chi connectivity index (χ2n) is 7.40. The molecule has 1 heterocycles. The first-order valence-corrected chi connectivity index (χ1v) is 10.1. The molecule has 1 aliphatic rings. The molecule has 1 aromatic rings. The Labute approximate surface area is 178 Å². The van der Waals surface area contributed by atoms with Gasteiger partial charge in [-0.1, -0.05) is 18.2 Å². The number of aliphatic imine (C=N–C) groups is 1. The lowest BCUT2D eigenvalue weighted by Gasteiger charge is -2.24. The first-order chi connectivity index (χ1) is 11.8. The van der Waals surface area contributed by atoms with Crippen LogP contribution in [-0.2, 0) is 6.54 Å². The minimum atomic E-state index is -0.631. The van der Waals surface area contributed by atoms with Crippen LogP contribution in [0.2, 0.25) is 0 Å². The molecule has 5 nitrogen and oxygen atoms in total. The number of nitrogens with one attached hydrogen (secondary N) is 2. The van der Waals surface area contributed by atoms with Crippen molar-refractivity contribution >= 4 is 41.7 Å². The average Bonchev–Trinajstić information content (AvgIpc) is 2.97. The zero-order valence-corrected chi connectivity index (χ0v) is 19.3. The van der Waals surface area contributed by atoms with Gasteiger partial charge in [-0.2, -0.15) is 11.8 Å². The summed E-state index contributed by atoms with van der Waals surface area (Å²) in [6.07, 6.45) is 0.826. The van der Waals surface area contributed by atoms with Gasteiger partial charge in [0.15, 0.2) is 5.96 Å². The molecule has 1 aromatic carbocycles. The molecule has 148 valence electrons. The molecule has 1 atom stereocenters. The minimum absolute atomic E-state index is 0. The Balaban J connectivity index is 0.00000338. The number of para-hydroxylation sites is 1. The smallest absolute Gasteiger partial charge is 0.191 e. The summed E-state index contributed by atoms with van der Waals surface area (Å²) >= 11 is 1.80. The molecular weight excluding hydrogens is 461 g/mol. The lowest BCUT2D eigenvalue weighted by Crippen LogP contribution is -2.47. The third-order valence-electron chi connectivity index (χ3n) is 3.81. The van der Waals surface area contributed by atoms with Gasteiger partial charge < -0.3 is 20.5 Å². The quantitative estimate of drug-likeness (QED) is 0.322. The third kappa shape index (κ3) is 7.92. The molecular formula is C19H32IN3O2S. The summed E-state index contributed by atoms with van der Waals surface area (Å²) < 4.78 is 6.03. The predicted molar refractivity (Wildman–Crippen MR) is 122 cm³/mol. The Morgan fingerprint density at radius 2 is 2.04 bits per heavy atom. The molecule has 3 N–H and O–H groups in total. The Morgan fingerprint density at radius 1 is 1.31 bits per heavy atom. The Morgan fingerprint density at radius 3 is 2.65 bits per heavy atom. The summed E-state index contributed by atoms with van der Waals surface area (Å²) in [4.78, 5) is 4.66. The van der Waals surface area contributed by atoms with Crippen molar-refractivity contribution in [2.45, 2.75) is 51.9 Å². The van der Waals surface area contributed by atoms with E-state index in [4.69, 9.17) is 4.74 Å². The maximum Gasteiger partial charge on any atom is 0.191 e. The highest BCUT2D eigenvalue weighted by molar-refractivity contribution is 14.0. The Kier molecular flexibility index (Phi) is 9.54. The highest BCUT2D eigenvalue weighted by atomic mass is 127. The van der Waals surface area contributed by atoms with Crippen molar-refractivity contribution in [1.82, 2.24) is 10.6 Å². The number of aliphatic hydroxyl groups is 1. The van der Waals surface area contributed by atoms with Crippen LogP contribution >= 0.6 is 35.7 Å². The van der Waals surface area contributed by atoms with Gasteiger partial charge in [-0.15, -0.1) is 24.0 Å². The molecule has 0 saturated carbocycles. The second kappa shape index (κ2) is 10.6. The molecule has 0 amide bonds. The number of nitrogens with zero attached hydrogens (tertiary/aromatic N) is 1. The highest BCUT2D eigenvalue weighted by Crippen LogP contribution is 2.27. The molecule has 0 radical (unpaired) electrons. The van der Waals surface area contributed by atoms with E-state index in [0.717, 1.165) is 41.7 Å². The van der Waals surface area contributed by atoms with Crippen LogP contribution in [0.15, 0.2) is 29.3 Å². The van der Waals surface area contributed by atoms with Gasteiger partial charge >= 0.3 is 0 Å². The van der Waals surface area contributed by atoms with Crippen molar-refractivity contribution in [2.24, 2.45) is 4.99 Å².